The van der Waals surface area contributed by atoms with E-state index in [9.17, 15) is 9.18 Å². The molecule has 2 aromatic heterocycles. The third-order valence-electron chi connectivity index (χ3n) is 6.16. The second kappa shape index (κ2) is 7.95. The van der Waals surface area contributed by atoms with Gasteiger partial charge in [-0.25, -0.2) is 14.2 Å². The first-order valence-electron chi connectivity index (χ1n) is 10.5. The number of fused-ring (bicyclic) bond motifs is 1. The molecule has 0 aliphatic carbocycles. The van der Waals surface area contributed by atoms with Gasteiger partial charge in [0.1, 0.15) is 0 Å². The number of hydrogen-bond donors (Lipinski definition) is 2. The third kappa shape index (κ3) is 3.78. The van der Waals surface area contributed by atoms with Crippen molar-refractivity contribution < 1.29 is 13.9 Å². The zero-order chi connectivity index (χ0) is 22.3. The van der Waals surface area contributed by atoms with Crippen molar-refractivity contribution >= 4 is 17.7 Å². The molecule has 0 saturated carbocycles. The maximum Gasteiger partial charge on any atom is 0.321 e. The zero-order valence-electron chi connectivity index (χ0n) is 18.6. The molecular weight excluding hydrogens is 403 g/mol. The van der Waals surface area contributed by atoms with Gasteiger partial charge in [-0.1, -0.05) is 0 Å². The molecule has 1 unspecified atom stereocenters. The lowest BCUT2D eigenvalue weighted by atomic mass is 10.0. The first-order valence-corrected chi connectivity index (χ1v) is 10.5. The van der Waals surface area contributed by atoms with Crippen LogP contribution < -0.4 is 10.1 Å². The molecule has 2 N–H and O–H groups in total. The number of nitrogens with zero attached hydrogens (tertiary/aromatic N) is 6. The second-order valence-electron chi connectivity index (χ2n) is 8.54. The summed E-state index contributed by atoms with van der Waals surface area (Å²) in [6.07, 6.45) is 1.06. The van der Waals surface area contributed by atoms with Gasteiger partial charge >= 0.3 is 12.0 Å². The summed E-state index contributed by atoms with van der Waals surface area (Å²) in [6.45, 7) is 10.8. The highest BCUT2D eigenvalue weighted by Gasteiger charge is 2.45. The van der Waals surface area contributed by atoms with Crippen LogP contribution in [0.2, 0.25) is 0 Å². The SMILES string of the molecule is CCOc1ncc(F)c(Nc2n[nH]c3c2CN(C(=O)N2CCN(C)C(C)C2)C3(C)C)n1. The number of amides is 2. The predicted octanol–water partition coefficient (Wildman–Crippen LogP) is 2.29. The summed E-state index contributed by atoms with van der Waals surface area (Å²) < 4.78 is 19.5. The van der Waals surface area contributed by atoms with Crippen LogP contribution in [-0.4, -0.2) is 80.2 Å². The van der Waals surface area contributed by atoms with Crippen LogP contribution in [0, 0.1) is 5.82 Å². The van der Waals surface area contributed by atoms with Gasteiger partial charge in [-0.2, -0.15) is 10.1 Å². The summed E-state index contributed by atoms with van der Waals surface area (Å²) in [4.78, 5) is 27.2. The molecule has 0 aromatic carbocycles. The number of likely N-dealkylation sites (N-methyl/N-ethyl adjacent to an activating group) is 1. The van der Waals surface area contributed by atoms with Crippen molar-refractivity contribution in [1.29, 1.82) is 0 Å². The minimum atomic E-state index is -0.614. The van der Waals surface area contributed by atoms with Crippen LogP contribution in [0.4, 0.5) is 20.8 Å². The van der Waals surface area contributed by atoms with Crippen molar-refractivity contribution in [2.24, 2.45) is 0 Å². The van der Waals surface area contributed by atoms with Gasteiger partial charge in [0, 0.05) is 31.2 Å². The lowest BCUT2D eigenvalue weighted by Gasteiger charge is -2.42. The maximum absolute atomic E-state index is 14.3. The van der Waals surface area contributed by atoms with Crippen LogP contribution in [0.1, 0.15) is 39.0 Å². The molecule has 0 spiro atoms. The molecule has 2 aliphatic heterocycles. The van der Waals surface area contributed by atoms with Crippen LogP contribution in [0.5, 0.6) is 6.01 Å². The number of aromatic nitrogens is 4. The molecule has 1 saturated heterocycles. The first-order chi connectivity index (χ1) is 14.7. The zero-order valence-corrected chi connectivity index (χ0v) is 18.6. The van der Waals surface area contributed by atoms with Gasteiger partial charge in [-0.15, -0.1) is 0 Å². The number of piperazine rings is 1. The average Bonchev–Trinajstić information content (AvgIpc) is 3.24. The van der Waals surface area contributed by atoms with E-state index in [0.717, 1.165) is 24.0 Å². The quantitative estimate of drug-likeness (QED) is 0.764. The molecule has 2 amide bonds. The number of ether oxygens (including phenoxy) is 1. The van der Waals surface area contributed by atoms with Crippen LogP contribution in [-0.2, 0) is 12.1 Å². The lowest BCUT2D eigenvalue weighted by molar-refractivity contribution is 0.0714. The van der Waals surface area contributed by atoms with E-state index in [4.69, 9.17) is 4.74 Å². The number of anilines is 2. The number of halogens is 1. The van der Waals surface area contributed by atoms with Crippen LogP contribution in [0.3, 0.4) is 0 Å². The Morgan fingerprint density at radius 1 is 1.39 bits per heavy atom. The molecule has 1 fully saturated rings. The van der Waals surface area contributed by atoms with Crippen molar-refractivity contribution in [3.63, 3.8) is 0 Å². The number of urea groups is 1. The highest BCUT2D eigenvalue weighted by molar-refractivity contribution is 5.78. The molecule has 0 bridgehead atoms. The molecule has 31 heavy (non-hydrogen) atoms. The van der Waals surface area contributed by atoms with E-state index in [0.29, 0.717) is 38.1 Å². The Bertz CT molecular complexity index is 978. The van der Waals surface area contributed by atoms with Gasteiger partial charge in [0.05, 0.1) is 30.6 Å². The third-order valence-corrected chi connectivity index (χ3v) is 6.16. The summed E-state index contributed by atoms with van der Waals surface area (Å²) in [5, 5.41) is 10.3. The Labute approximate surface area is 180 Å². The van der Waals surface area contributed by atoms with E-state index < -0.39 is 11.4 Å². The van der Waals surface area contributed by atoms with Crippen molar-refractivity contribution in [3.05, 3.63) is 23.3 Å². The van der Waals surface area contributed by atoms with Crippen molar-refractivity contribution in [1.82, 2.24) is 34.9 Å². The van der Waals surface area contributed by atoms with Gasteiger partial charge in [-0.3, -0.25) is 5.10 Å². The molecule has 0 radical (unpaired) electrons. The predicted molar refractivity (Wildman–Crippen MR) is 113 cm³/mol. The molecule has 4 heterocycles. The topological polar surface area (TPSA) is 103 Å². The number of hydrogen-bond acceptors (Lipinski definition) is 7. The number of aromatic amines is 1. The summed E-state index contributed by atoms with van der Waals surface area (Å²) >= 11 is 0. The van der Waals surface area contributed by atoms with Gasteiger partial charge in [-0.05, 0) is 34.7 Å². The second-order valence-corrected chi connectivity index (χ2v) is 8.54. The molecule has 10 nitrogen and oxygen atoms in total. The Balaban J connectivity index is 1.56. The molecular formula is C20H29FN8O2. The molecule has 168 valence electrons. The number of nitrogens with one attached hydrogen (secondary N) is 2. The largest absolute Gasteiger partial charge is 0.464 e. The minimum absolute atomic E-state index is 0.00708. The summed E-state index contributed by atoms with van der Waals surface area (Å²) in [6, 6.07) is 0.382. The summed E-state index contributed by atoms with van der Waals surface area (Å²) in [5.41, 5.74) is 1.06. The number of carbonyl (C=O) groups is 1. The number of H-pyrrole nitrogens is 1. The van der Waals surface area contributed by atoms with E-state index in [-0.39, 0.29) is 17.9 Å². The summed E-state index contributed by atoms with van der Waals surface area (Å²) in [5.74, 6) is -0.204. The van der Waals surface area contributed by atoms with Crippen LogP contribution >= 0.6 is 0 Å². The summed E-state index contributed by atoms with van der Waals surface area (Å²) in [7, 11) is 2.07. The van der Waals surface area contributed by atoms with Gasteiger partial charge in [0.2, 0.25) is 0 Å². The van der Waals surface area contributed by atoms with Gasteiger partial charge in [0.25, 0.3) is 0 Å². The van der Waals surface area contributed by atoms with Crippen molar-refractivity contribution in [2.75, 3.05) is 38.6 Å². The minimum Gasteiger partial charge on any atom is -0.464 e. The Kier molecular flexibility index (Phi) is 5.46. The molecule has 11 heteroatoms. The van der Waals surface area contributed by atoms with Crippen LogP contribution in [0.15, 0.2) is 6.20 Å². The molecule has 1 atom stereocenters. The molecule has 2 aliphatic rings. The lowest BCUT2D eigenvalue weighted by Crippen LogP contribution is -2.56. The fourth-order valence-corrected chi connectivity index (χ4v) is 4.07. The molecule has 2 aromatic rings. The van der Waals surface area contributed by atoms with Crippen molar-refractivity contribution in [2.45, 2.75) is 45.8 Å². The first kappa shape index (κ1) is 21.3. The highest BCUT2D eigenvalue weighted by atomic mass is 19.1. The van der Waals surface area contributed by atoms with Crippen molar-refractivity contribution in [3.8, 4) is 6.01 Å². The average molecular weight is 433 g/mol. The van der Waals surface area contributed by atoms with E-state index in [1.165, 1.54) is 0 Å². The smallest absolute Gasteiger partial charge is 0.321 e. The maximum atomic E-state index is 14.3. The van der Waals surface area contributed by atoms with Crippen LogP contribution in [0.25, 0.3) is 0 Å². The van der Waals surface area contributed by atoms with E-state index in [2.05, 4.69) is 44.4 Å². The van der Waals surface area contributed by atoms with E-state index in [1.807, 2.05) is 23.6 Å². The van der Waals surface area contributed by atoms with E-state index >= 15 is 0 Å². The monoisotopic (exact) mass is 432 g/mol. The fraction of sp³-hybridized carbons (Fsp3) is 0.600. The Hall–Kier alpha value is -2.95. The molecule has 4 rings (SSSR count). The van der Waals surface area contributed by atoms with E-state index in [1.54, 1.807) is 6.92 Å². The normalized spacial score (nSPS) is 20.6. The van der Waals surface area contributed by atoms with Gasteiger partial charge < -0.3 is 24.8 Å². The highest BCUT2D eigenvalue weighted by Crippen LogP contribution is 2.41. The fourth-order valence-electron chi connectivity index (χ4n) is 4.07. The Morgan fingerprint density at radius 2 is 2.16 bits per heavy atom. The number of rotatable bonds is 4. The number of carbonyl (C=O) groups excluding carboxylic acids is 1. The standard InChI is InChI=1S/C20H29FN8O2/c1-6-31-18-22-9-14(21)17(24-18)23-16-13-11-29(20(3,4)15(13)25-26-16)19(30)28-8-7-27(5)12(2)10-28/h9,12H,6-8,10-11H2,1-5H3,(H2,22,23,24,25,26). The Morgan fingerprint density at radius 3 is 2.87 bits per heavy atom. The van der Waals surface area contributed by atoms with Gasteiger partial charge in [0.15, 0.2) is 17.5 Å².